The Morgan fingerprint density at radius 2 is 1.58 bits per heavy atom. The monoisotopic (exact) mass is 347 g/mol. The van der Waals surface area contributed by atoms with Gasteiger partial charge in [0.1, 0.15) is 0 Å². The van der Waals surface area contributed by atoms with E-state index in [1.54, 1.807) is 50.5 Å². The van der Waals surface area contributed by atoms with E-state index in [0.717, 1.165) is 12.1 Å². The maximum atomic E-state index is 12.5. The van der Waals surface area contributed by atoms with Gasteiger partial charge in [0.15, 0.2) is 0 Å². The summed E-state index contributed by atoms with van der Waals surface area (Å²) in [6.45, 7) is 0.759. The fraction of sp³-hybridized carbons (Fsp3) is 0.143. The summed E-state index contributed by atoms with van der Waals surface area (Å²) in [4.78, 5) is 26.3. The first-order valence-corrected chi connectivity index (χ1v) is 8.36. The molecule has 0 aliphatic rings. The predicted octanol–water partition coefficient (Wildman–Crippen LogP) is 3.49. The molecule has 1 N–H and O–H groups in total. The number of carbonyl (C=O) groups is 2. The standard InChI is InChI=1S/C21H21N3O2/c1-23(2)21(26)18-7-3-4-8-19(18)22-20(25)17-11-9-16(10-12-17)15-24-13-5-6-14-24/h3-14H,15H2,1-2H3,(H,22,25). The topological polar surface area (TPSA) is 54.3 Å². The van der Waals surface area contributed by atoms with E-state index in [9.17, 15) is 9.59 Å². The molecule has 2 aromatic carbocycles. The smallest absolute Gasteiger partial charge is 0.255 e. The Bertz CT molecular complexity index is 897. The van der Waals surface area contributed by atoms with Gasteiger partial charge in [0.05, 0.1) is 11.3 Å². The van der Waals surface area contributed by atoms with Crippen LogP contribution in [0.4, 0.5) is 5.69 Å². The summed E-state index contributed by atoms with van der Waals surface area (Å²) in [6, 6.07) is 18.4. The number of anilines is 1. The Morgan fingerprint density at radius 1 is 0.923 bits per heavy atom. The number of nitrogens with zero attached hydrogens (tertiary/aromatic N) is 2. The minimum absolute atomic E-state index is 0.150. The highest BCUT2D eigenvalue weighted by atomic mass is 16.2. The molecule has 5 nitrogen and oxygen atoms in total. The van der Waals surface area contributed by atoms with Gasteiger partial charge in [-0.15, -0.1) is 0 Å². The van der Waals surface area contributed by atoms with Crippen LogP contribution in [0, 0.1) is 0 Å². The molecule has 0 aliphatic heterocycles. The Labute approximate surface area is 152 Å². The first-order chi connectivity index (χ1) is 12.5. The summed E-state index contributed by atoms with van der Waals surface area (Å²) < 4.78 is 2.07. The molecule has 5 heteroatoms. The minimum Gasteiger partial charge on any atom is -0.350 e. The zero-order valence-corrected chi connectivity index (χ0v) is 14.8. The van der Waals surface area contributed by atoms with Crippen molar-refractivity contribution >= 4 is 17.5 Å². The predicted molar refractivity (Wildman–Crippen MR) is 102 cm³/mol. The Hall–Kier alpha value is -3.34. The molecule has 0 unspecified atom stereocenters. The van der Waals surface area contributed by atoms with Crippen LogP contribution in [0.2, 0.25) is 0 Å². The van der Waals surface area contributed by atoms with Crippen molar-refractivity contribution in [1.29, 1.82) is 0 Å². The average Bonchev–Trinajstić information content (AvgIpc) is 3.15. The van der Waals surface area contributed by atoms with Crippen molar-refractivity contribution in [2.45, 2.75) is 6.54 Å². The summed E-state index contributed by atoms with van der Waals surface area (Å²) in [5.41, 5.74) is 2.64. The second-order valence-corrected chi connectivity index (χ2v) is 6.25. The van der Waals surface area contributed by atoms with Gasteiger partial charge < -0.3 is 14.8 Å². The number of aromatic nitrogens is 1. The van der Waals surface area contributed by atoms with E-state index in [1.165, 1.54) is 4.90 Å². The molecule has 26 heavy (non-hydrogen) atoms. The number of para-hydroxylation sites is 1. The first kappa shape index (κ1) is 17.5. The van der Waals surface area contributed by atoms with E-state index in [2.05, 4.69) is 9.88 Å². The molecule has 0 aliphatic carbocycles. The van der Waals surface area contributed by atoms with Crippen molar-refractivity contribution in [3.63, 3.8) is 0 Å². The summed E-state index contributed by atoms with van der Waals surface area (Å²) in [6.07, 6.45) is 4.00. The number of amides is 2. The number of hydrogen-bond donors (Lipinski definition) is 1. The van der Waals surface area contributed by atoms with Gasteiger partial charge in [-0.05, 0) is 42.0 Å². The van der Waals surface area contributed by atoms with Crippen LogP contribution in [-0.2, 0) is 6.54 Å². The summed E-state index contributed by atoms with van der Waals surface area (Å²) >= 11 is 0. The molecule has 1 heterocycles. The van der Waals surface area contributed by atoms with E-state index < -0.39 is 0 Å². The molecule has 1 aromatic heterocycles. The van der Waals surface area contributed by atoms with Crippen LogP contribution in [0.3, 0.4) is 0 Å². The molecule has 0 spiro atoms. The van der Waals surface area contributed by atoms with Crippen LogP contribution in [0.25, 0.3) is 0 Å². The SMILES string of the molecule is CN(C)C(=O)c1ccccc1NC(=O)c1ccc(Cn2cccc2)cc1. The number of hydrogen-bond acceptors (Lipinski definition) is 2. The number of carbonyl (C=O) groups excluding carboxylic acids is 2. The van der Waals surface area contributed by atoms with Gasteiger partial charge in [-0.25, -0.2) is 0 Å². The van der Waals surface area contributed by atoms with E-state index in [-0.39, 0.29) is 11.8 Å². The quantitative estimate of drug-likeness (QED) is 0.768. The maximum Gasteiger partial charge on any atom is 0.255 e. The Morgan fingerprint density at radius 3 is 2.23 bits per heavy atom. The van der Waals surface area contributed by atoms with Crippen LogP contribution in [-0.4, -0.2) is 35.4 Å². The lowest BCUT2D eigenvalue weighted by atomic mass is 10.1. The van der Waals surface area contributed by atoms with Crippen molar-refractivity contribution in [1.82, 2.24) is 9.47 Å². The van der Waals surface area contributed by atoms with E-state index in [0.29, 0.717) is 16.8 Å². The van der Waals surface area contributed by atoms with Crippen molar-refractivity contribution in [3.8, 4) is 0 Å². The fourth-order valence-electron chi connectivity index (χ4n) is 2.66. The summed E-state index contributed by atoms with van der Waals surface area (Å²) in [5, 5.41) is 2.84. The molecular formula is C21H21N3O2. The van der Waals surface area contributed by atoms with Crippen molar-refractivity contribution < 1.29 is 9.59 Å². The number of benzene rings is 2. The van der Waals surface area contributed by atoms with Crippen LogP contribution < -0.4 is 5.32 Å². The van der Waals surface area contributed by atoms with Gasteiger partial charge in [-0.3, -0.25) is 9.59 Å². The average molecular weight is 347 g/mol. The Balaban J connectivity index is 1.73. The minimum atomic E-state index is -0.239. The highest BCUT2D eigenvalue weighted by Gasteiger charge is 2.15. The zero-order valence-electron chi connectivity index (χ0n) is 14.8. The molecular weight excluding hydrogens is 326 g/mol. The summed E-state index contributed by atoms with van der Waals surface area (Å²) in [7, 11) is 3.37. The largest absolute Gasteiger partial charge is 0.350 e. The molecule has 132 valence electrons. The molecule has 0 saturated carbocycles. The van der Waals surface area contributed by atoms with E-state index >= 15 is 0 Å². The lowest BCUT2D eigenvalue weighted by Crippen LogP contribution is -2.24. The molecule has 3 aromatic rings. The zero-order chi connectivity index (χ0) is 18.5. The Kier molecular flexibility index (Phi) is 5.17. The van der Waals surface area contributed by atoms with Gasteiger partial charge in [0, 0.05) is 38.6 Å². The second-order valence-electron chi connectivity index (χ2n) is 6.25. The molecule has 2 amide bonds. The van der Waals surface area contributed by atoms with Gasteiger partial charge in [0.25, 0.3) is 11.8 Å². The highest BCUT2D eigenvalue weighted by Crippen LogP contribution is 2.18. The molecule has 3 rings (SSSR count). The third-order valence-corrected chi connectivity index (χ3v) is 4.06. The summed E-state index contributed by atoms with van der Waals surface area (Å²) in [5.74, 6) is -0.389. The van der Waals surface area contributed by atoms with Gasteiger partial charge in [0.2, 0.25) is 0 Å². The van der Waals surface area contributed by atoms with Gasteiger partial charge in [-0.1, -0.05) is 24.3 Å². The van der Waals surface area contributed by atoms with Crippen molar-refractivity contribution in [2.75, 3.05) is 19.4 Å². The lowest BCUT2D eigenvalue weighted by Gasteiger charge is -2.14. The second kappa shape index (κ2) is 7.70. The fourth-order valence-corrected chi connectivity index (χ4v) is 2.66. The van der Waals surface area contributed by atoms with Gasteiger partial charge in [-0.2, -0.15) is 0 Å². The van der Waals surface area contributed by atoms with Gasteiger partial charge >= 0.3 is 0 Å². The van der Waals surface area contributed by atoms with E-state index in [1.807, 2.05) is 36.7 Å². The van der Waals surface area contributed by atoms with Crippen LogP contribution in [0.15, 0.2) is 73.1 Å². The molecule has 0 saturated heterocycles. The van der Waals surface area contributed by atoms with Crippen LogP contribution in [0.5, 0.6) is 0 Å². The van der Waals surface area contributed by atoms with Crippen LogP contribution in [0.1, 0.15) is 26.3 Å². The third-order valence-electron chi connectivity index (χ3n) is 4.06. The number of rotatable bonds is 5. The molecule has 0 fully saturated rings. The molecule has 0 bridgehead atoms. The maximum absolute atomic E-state index is 12.5. The lowest BCUT2D eigenvalue weighted by molar-refractivity contribution is 0.0828. The first-order valence-electron chi connectivity index (χ1n) is 8.36. The van der Waals surface area contributed by atoms with Crippen molar-refractivity contribution in [3.05, 3.63) is 89.7 Å². The molecule has 0 atom stereocenters. The third kappa shape index (κ3) is 4.00. The highest BCUT2D eigenvalue weighted by molar-refractivity contribution is 6.08. The number of nitrogens with one attached hydrogen (secondary N) is 1. The van der Waals surface area contributed by atoms with Crippen LogP contribution >= 0.6 is 0 Å². The molecule has 0 radical (unpaired) electrons. The normalized spacial score (nSPS) is 10.4. The van der Waals surface area contributed by atoms with Crippen molar-refractivity contribution in [2.24, 2.45) is 0 Å². The van der Waals surface area contributed by atoms with E-state index in [4.69, 9.17) is 0 Å².